The average molecular weight is 516 g/mol. The van der Waals surface area contributed by atoms with Gasteiger partial charge in [0, 0.05) is 40.7 Å². The molecule has 0 saturated carbocycles. The van der Waals surface area contributed by atoms with Gasteiger partial charge in [-0.2, -0.15) is 10.0 Å². The zero-order valence-electron chi connectivity index (χ0n) is 22.2. The molecule has 2 aromatic carbocycles. The van der Waals surface area contributed by atoms with Crippen LogP contribution in [-0.2, 0) is 0 Å². The Morgan fingerprint density at radius 2 is 1.76 bits per heavy atom. The van der Waals surface area contributed by atoms with Gasteiger partial charge >= 0.3 is 5.97 Å². The maximum Gasteiger partial charge on any atom is 0.336 e. The molecule has 1 aliphatic heterocycles. The number of hydrogen-bond donors (Lipinski definition) is 1. The number of nitrogens with zero attached hydrogens (tertiary/aromatic N) is 2. The highest BCUT2D eigenvalue weighted by Gasteiger charge is 2.37. The van der Waals surface area contributed by atoms with Crippen molar-refractivity contribution in [3.63, 3.8) is 0 Å². The van der Waals surface area contributed by atoms with E-state index in [0.717, 1.165) is 33.9 Å². The molecule has 192 valence electrons. The Morgan fingerprint density at radius 1 is 1.05 bits per heavy atom. The van der Waals surface area contributed by atoms with Crippen molar-refractivity contribution < 1.29 is 19.2 Å². The van der Waals surface area contributed by atoms with Gasteiger partial charge in [0.1, 0.15) is 19.8 Å². The van der Waals surface area contributed by atoms with E-state index in [-0.39, 0.29) is 5.56 Å². The summed E-state index contributed by atoms with van der Waals surface area (Å²) in [5, 5.41) is 10.2. The van der Waals surface area contributed by atoms with Gasteiger partial charge in [-0.1, -0.05) is 12.2 Å². The summed E-state index contributed by atoms with van der Waals surface area (Å²) in [4.78, 5) is 17.0. The summed E-state index contributed by atoms with van der Waals surface area (Å²) < 4.78 is 7.71. The highest BCUT2D eigenvalue weighted by Crippen LogP contribution is 2.66. The lowest BCUT2D eigenvalue weighted by molar-refractivity contribution is -0.462. The van der Waals surface area contributed by atoms with Gasteiger partial charge in [-0.25, -0.2) is 9.37 Å². The largest absolute Gasteiger partial charge is 0.497 e. The van der Waals surface area contributed by atoms with E-state index in [2.05, 4.69) is 65.5 Å². The van der Waals surface area contributed by atoms with Gasteiger partial charge in [0.05, 0.1) is 12.7 Å². The fraction of sp³-hybridized carbons (Fsp3) is 0.226. The number of benzene rings is 2. The Labute approximate surface area is 221 Å². The molecule has 0 atom stereocenters. The third-order valence-electron chi connectivity index (χ3n) is 6.88. The van der Waals surface area contributed by atoms with Crippen molar-refractivity contribution in [3.05, 3.63) is 107 Å². The number of fused-ring (bicyclic) bond motifs is 2. The molecule has 4 rings (SSSR count). The van der Waals surface area contributed by atoms with E-state index < -0.39 is 16.0 Å². The second kappa shape index (κ2) is 10.3. The fourth-order valence-electron chi connectivity index (χ4n) is 4.95. The molecular weight excluding hydrogens is 480 g/mol. The van der Waals surface area contributed by atoms with Crippen molar-refractivity contribution in [1.82, 2.24) is 0 Å². The number of carboxylic acids is 1. The molecule has 2 aromatic rings. The second-order valence-electron chi connectivity index (χ2n) is 9.66. The second-order valence-corrected chi connectivity index (χ2v) is 13.2. The highest BCUT2D eigenvalue weighted by molar-refractivity contribution is 8.36. The molecule has 0 spiro atoms. The SMILES string of the molecule is C=CCN(CC=C)c1ccc(C(=O)O)c(C2=C3C=CC(=[N+](C)C)C=C3S(C)(C)c3cc(OC)ccc32)c1. The minimum atomic E-state index is -1.42. The molecule has 0 unspecified atom stereocenters. The fourth-order valence-corrected chi connectivity index (χ4v) is 7.45. The van der Waals surface area contributed by atoms with Crippen molar-refractivity contribution in [2.75, 3.05) is 51.7 Å². The Kier molecular flexibility index (Phi) is 7.32. The van der Waals surface area contributed by atoms with Crippen LogP contribution in [0.1, 0.15) is 21.5 Å². The number of methoxy groups -OCH3 is 1. The number of ether oxygens (including phenoxy) is 1. The Bertz CT molecular complexity index is 1410. The van der Waals surface area contributed by atoms with E-state index in [4.69, 9.17) is 4.74 Å². The number of carbonyl (C=O) groups is 1. The minimum Gasteiger partial charge on any atom is -0.497 e. The summed E-state index contributed by atoms with van der Waals surface area (Å²) in [5.41, 5.74) is 6.05. The normalized spacial score (nSPS) is 16.2. The van der Waals surface area contributed by atoms with Crippen molar-refractivity contribution in [1.29, 1.82) is 0 Å². The summed E-state index contributed by atoms with van der Waals surface area (Å²) in [6.45, 7) is 9.04. The van der Waals surface area contributed by atoms with Crippen molar-refractivity contribution in [2.45, 2.75) is 4.90 Å². The van der Waals surface area contributed by atoms with E-state index in [1.807, 2.05) is 44.4 Å². The van der Waals surface area contributed by atoms with Gasteiger partial charge in [0.2, 0.25) is 5.71 Å². The minimum absolute atomic E-state index is 0.273. The van der Waals surface area contributed by atoms with Gasteiger partial charge in [-0.3, -0.25) is 0 Å². The number of anilines is 1. The summed E-state index contributed by atoms with van der Waals surface area (Å²) >= 11 is 0. The molecule has 6 heteroatoms. The first-order valence-electron chi connectivity index (χ1n) is 12.1. The van der Waals surface area contributed by atoms with Crippen LogP contribution in [0.3, 0.4) is 0 Å². The molecule has 0 aromatic heterocycles. The summed E-state index contributed by atoms with van der Waals surface area (Å²) in [6.07, 6.45) is 14.8. The quantitative estimate of drug-likeness (QED) is 0.347. The first-order valence-corrected chi connectivity index (χ1v) is 14.5. The molecule has 1 heterocycles. The van der Waals surface area contributed by atoms with Gasteiger partial charge in [-0.05, 0) is 77.3 Å². The number of rotatable bonds is 8. The molecule has 5 nitrogen and oxygen atoms in total. The molecule has 0 saturated heterocycles. The number of carboxylic acid groups (broad SMARTS) is 1. The van der Waals surface area contributed by atoms with Gasteiger partial charge in [-0.15, -0.1) is 13.2 Å². The van der Waals surface area contributed by atoms with Gasteiger partial charge in [0.25, 0.3) is 0 Å². The van der Waals surface area contributed by atoms with Crippen LogP contribution in [0.2, 0.25) is 0 Å². The topological polar surface area (TPSA) is 52.8 Å². The smallest absolute Gasteiger partial charge is 0.336 e. The van der Waals surface area contributed by atoms with Crippen LogP contribution in [0.4, 0.5) is 5.69 Å². The predicted molar refractivity (Wildman–Crippen MR) is 157 cm³/mol. The van der Waals surface area contributed by atoms with Crippen LogP contribution in [-0.4, -0.2) is 68.2 Å². The zero-order chi connectivity index (χ0) is 26.9. The van der Waals surface area contributed by atoms with Crippen LogP contribution in [0.25, 0.3) is 5.57 Å². The first kappa shape index (κ1) is 26.3. The third kappa shape index (κ3) is 4.69. The van der Waals surface area contributed by atoms with Crippen molar-refractivity contribution in [3.8, 4) is 5.75 Å². The molecule has 0 radical (unpaired) electrons. The maximum atomic E-state index is 12.5. The van der Waals surface area contributed by atoms with E-state index in [0.29, 0.717) is 18.7 Å². The van der Waals surface area contributed by atoms with Crippen molar-refractivity contribution in [2.24, 2.45) is 0 Å². The Hall–Kier alpha value is -3.77. The standard InChI is InChI=1S/C31H34N2O3S/c1-8-16-33(17-9-2)22-11-13-24(31(34)35)27(18-22)30-25-14-10-21(32(3)4)19-28(25)37(6,7)29-20-23(36-5)12-15-26(29)30/h8-15,18-20H,1-2,16-17H2,3-7H3/p+1. The lowest BCUT2D eigenvalue weighted by Gasteiger charge is -2.43. The number of allylic oxidation sites excluding steroid dienone is 4. The molecule has 0 amide bonds. The first-order chi connectivity index (χ1) is 17.6. The monoisotopic (exact) mass is 515 g/mol. The summed E-state index contributed by atoms with van der Waals surface area (Å²) in [6, 6.07) is 11.7. The van der Waals surface area contributed by atoms with E-state index in [1.54, 1.807) is 13.2 Å². The summed E-state index contributed by atoms with van der Waals surface area (Å²) in [7, 11) is 4.33. The zero-order valence-corrected chi connectivity index (χ0v) is 23.1. The van der Waals surface area contributed by atoms with Crippen molar-refractivity contribution >= 4 is 33.0 Å². The predicted octanol–water partition coefficient (Wildman–Crippen LogP) is 5.98. The summed E-state index contributed by atoms with van der Waals surface area (Å²) in [5.74, 6) is -0.159. The Balaban J connectivity index is 2.11. The molecule has 2 aliphatic rings. The van der Waals surface area contributed by atoms with Crippen LogP contribution in [0, 0.1) is 0 Å². The van der Waals surface area contributed by atoms with Crippen LogP contribution >= 0.6 is 10.0 Å². The van der Waals surface area contributed by atoms with Gasteiger partial charge < -0.3 is 14.7 Å². The number of hydrogen-bond acceptors (Lipinski definition) is 3. The molecular formula is C31H35N2O3S+. The molecule has 37 heavy (non-hydrogen) atoms. The van der Waals surface area contributed by atoms with Crippen LogP contribution in [0.15, 0.2) is 95.3 Å². The van der Waals surface area contributed by atoms with Gasteiger partial charge in [0.15, 0.2) is 0 Å². The highest BCUT2D eigenvalue weighted by atomic mass is 32.3. The Morgan fingerprint density at radius 3 is 2.35 bits per heavy atom. The number of aromatic carboxylic acids is 1. The van der Waals surface area contributed by atoms with E-state index in [9.17, 15) is 9.90 Å². The molecule has 0 fully saturated rings. The lowest BCUT2D eigenvalue weighted by atomic mass is 9.87. The van der Waals surface area contributed by atoms with E-state index in [1.165, 1.54) is 9.80 Å². The third-order valence-corrected chi connectivity index (χ3v) is 9.75. The van der Waals surface area contributed by atoms with E-state index >= 15 is 0 Å². The van der Waals surface area contributed by atoms with Crippen LogP contribution in [0.5, 0.6) is 5.75 Å². The molecule has 0 bridgehead atoms. The lowest BCUT2D eigenvalue weighted by Crippen LogP contribution is -2.24. The maximum absolute atomic E-state index is 12.5. The average Bonchev–Trinajstić information content (AvgIpc) is 2.88. The van der Waals surface area contributed by atoms with Crippen LogP contribution < -0.4 is 9.64 Å². The molecule has 1 N–H and O–H groups in total. The molecule has 1 aliphatic carbocycles.